The number of piperazine rings is 1. The summed E-state index contributed by atoms with van der Waals surface area (Å²) < 4.78 is 0. The number of fused-ring (bicyclic) bond motifs is 1. The molecule has 2 aromatic rings. The number of rotatable bonds is 2. The number of hydrogen-bond donors (Lipinski definition) is 1. The summed E-state index contributed by atoms with van der Waals surface area (Å²) in [7, 11) is 1.76. The zero-order valence-corrected chi connectivity index (χ0v) is 13.1. The first-order valence-electron chi connectivity index (χ1n) is 7.42. The van der Waals surface area contributed by atoms with Crippen molar-refractivity contribution < 1.29 is 14.7 Å². The number of carboxylic acids is 1. The van der Waals surface area contributed by atoms with Gasteiger partial charge in [0, 0.05) is 31.2 Å². The van der Waals surface area contributed by atoms with E-state index in [9.17, 15) is 14.7 Å². The fourth-order valence-corrected chi connectivity index (χ4v) is 2.81. The van der Waals surface area contributed by atoms with E-state index in [2.05, 4.69) is 9.97 Å². The molecule has 0 unspecified atom stereocenters. The second kappa shape index (κ2) is 5.92. The monoisotopic (exact) mass is 314 g/mol. The number of pyridine rings is 2. The van der Waals surface area contributed by atoms with Gasteiger partial charge in [-0.1, -0.05) is 0 Å². The lowest BCUT2D eigenvalue weighted by Gasteiger charge is -2.37. The Morgan fingerprint density at radius 1 is 1.35 bits per heavy atom. The molecule has 7 nitrogen and oxygen atoms in total. The van der Waals surface area contributed by atoms with Crippen LogP contribution >= 0.6 is 0 Å². The van der Waals surface area contributed by atoms with Crippen LogP contribution in [0.25, 0.3) is 11.0 Å². The van der Waals surface area contributed by atoms with Gasteiger partial charge >= 0.3 is 5.97 Å². The Balaban J connectivity index is 1.91. The van der Waals surface area contributed by atoms with E-state index in [1.54, 1.807) is 42.1 Å². The first-order chi connectivity index (χ1) is 11.0. The van der Waals surface area contributed by atoms with Crippen LogP contribution in [-0.2, 0) is 4.79 Å². The fraction of sp³-hybridized carbons (Fsp3) is 0.375. The largest absolute Gasteiger partial charge is 0.480 e. The average molecular weight is 314 g/mol. The number of carboxylic acid groups (broad SMARTS) is 1. The van der Waals surface area contributed by atoms with E-state index in [0.29, 0.717) is 30.0 Å². The van der Waals surface area contributed by atoms with E-state index < -0.39 is 12.0 Å². The van der Waals surface area contributed by atoms with Crippen LogP contribution in [0.4, 0.5) is 0 Å². The van der Waals surface area contributed by atoms with Crippen LogP contribution in [0.1, 0.15) is 16.1 Å². The van der Waals surface area contributed by atoms with Crippen LogP contribution < -0.4 is 0 Å². The highest BCUT2D eigenvalue weighted by atomic mass is 16.4. The maximum Gasteiger partial charge on any atom is 0.322 e. The van der Waals surface area contributed by atoms with Crippen LogP contribution in [0, 0.1) is 6.92 Å². The molecule has 0 radical (unpaired) electrons. The minimum Gasteiger partial charge on any atom is -0.480 e. The van der Waals surface area contributed by atoms with E-state index >= 15 is 0 Å². The highest BCUT2D eigenvalue weighted by Gasteiger charge is 2.33. The molecule has 1 fully saturated rings. The van der Waals surface area contributed by atoms with E-state index in [-0.39, 0.29) is 12.5 Å². The second-order valence-electron chi connectivity index (χ2n) is 5.76. The molecule has 2 aromatic heterocycles. The molecule has 3 rings (SSSR count). The Bertz CT molecular complexity index is 777. The molecule has 0 aromatic carbocycles. The zero-order valence-electron chi connectivity index (χ0n) is 13.1. The lowest BCUT2D eigenvalue weighted by molar-refractivity contribution is -0.144. The highest BCUT2D eigenvalue weighted by molar-refractivity contribution is 5.98. The Hall–Kier alpha value is -2.54. The molecule has 0 bridgehead atoms. The van der Waals surface area contributed by atoms with Gasteiger partial charge in [0.05, 0.1) is 11.3 Å². The van der Waals surface area contributed by atoms with Crippen molar-refractivity contribution in [2.75, 3.05) is 26.7 Å². The van der Waals surface area contributed by atoms with Crippen molar-refractivity contribution in [2.24, 2.45) is 0 Å². The van der Waals surface area contributed by atoms with Crippen molar-refractivity contribution in [1.82, 2.24) is 19.8 Å². The summed E-state index contributed by atoms with van der Waals surface area (Å²) >= 11 is 0. The normalized spacial score (nSPS) is 19.0. The quantitative estimate of drug-likeness (QED) is 0.881. The third kappa shape index (κ3) is 2.87. The van der Waals surface area contributed by atoms with Crippen LogP contribution in [0.5, 0.6) is 0 Å². The molecule has 0 aliphatic carbocycles. The molecule has 120 valence electrons. The summed E-state index contributed by atoms with van der Waals surface area (Å²) in [6, 6.07) is 4.75. The van der Waals surface area contributed by atoms with Crippen molar-refractivity contribution in [3.63, 3.8) is 0 Å². The van der Waals surface area contributed by atoms with Gasteiger partial charge in [-0.3, -0.25) is 14.5 Å². The number of hydrogen-bond acceptors (Lipinski definition) is 5. The van der Waals surface area contributed by atoms with E-state index in [1.807, 2.05) is 6.07 Å². The van der Waals surface area contributed by atoms with Gasteiger partial charge in [0.25, 0.3) is 5.91 Å². The minimum absolute atomic E-state index is 0.176. The van der Waals surface area contributed by atoms with E-state index in [1.165, 1.54) is 0 Å². The number of carbonyl (C=O) groups is 2. The summed E-state index contributed by atoms with van der Waals surface area (Å²) in [5.74, 6) is -1.09. The predicted octanol–water partition coefficient (Wildman–Crippen LogP) is 0.779. The zero-order chi connectivity index (χ0) is 16.6. The molecule has 7 heteroatoms. The van der Waals surface area contributed by atoms with E-state index in [0.717, 1.165) is 5.39 Å². The molecule has 1 amide bonds. The van der Waals surface area contributed by atoms with Gasteiger partial charge in [-0.25, -0.2) is 9.97 Å². The van der Waals surface area contributed by atoms with E-state index in [4.69, 9.17) is 0 Å². The third-order valence-electron chi connectivity index (χ3n) is 4.23. The molecule has 0 spiro atoms. The Labute approximate surface area is 133 Å². The van der Waals surface area contributed by atoms with Crippen LogP contribution in [-0.4, -0.2) is 69.5 Å². The van der Waals surface area contributed by atoms with Crippen molar-refractivity contribution in [1.29, 1.82) is 0 Å². The number of amides is 1. The number of likely N-dealkylation sites (N-methyl/N-ethyl adjacent to an activating group) is 1. The summed E-state index contributed by atoms with van der Waals surface area (Å²) in [5, 5.41) is 10.1. The standard InChI is InChI=1S/C16H18N4O3/c1-10-12(8-11-4-3-5-17-14(11)18-10)15(21)20-7-6-19(2)13(9-20)16(22)23/h3-5,8,13H,6-7,9H2,1-2H3,(H,22,23)/t13-/m1/s1. The van der Waals surface area contributed by atoms with Crippen molar-refractivity contribution in [3.05, 3.63) is 35.7 Å². The van der Waals surface area contributed by atoms with Gasteiger partial charge < -0.3 is 10.0 Å². The Morgan fingerprint density at radius 3 is 2.87 bits per heavy atom. The highest BCUT2D eigenvalue weighted by Crippen LogP contribution is 2.18. The summed E-state index contributed by atoms with van der Waals surface area (Å²) in [4.78, 5) is 36.0. The molecule has 3 heterocycles. The molecular weight excluding hydrogens is 296 g/mol. The SMILES string of the molecule is Cc1nc2ncccc2cc1C(=O)N1CCN(C)[C@@H](C(=O)O)C1. The van der Waals surface area contributed by atoms with Crippen molar-refractivity contribution in [2.45, 2.75) is 13.0 Å². The summed E-state index contributed by atoms with van der Waals surface area (Å²) in [6.07, 6.45) is 1.66. The smallest absolute Gasteiger partial charge is 0.322 e. The van der Waals surface area contributed by atoms with Crippen LogP contribution in [0.3, 0.4) is 0 Å². The molecule has 0 saturated carbocycles. The van der Waals surface area contributed by atoms with Gasteiger partial charge in [0.2, 0.25) is 0 Å². The number of carbonyl (C=O) groups excluding carboxylic acids is 1. The lowest BCUT2D eigenvalue weighted by Crippen LogP contribution is -2.56. The Kier molecular flexibility index (Phi) is 3.96. The molecule has 1 atom stereocenters. The molecule has 1 saturated heterocycles. The first kappa shape index (κ1) is 15.4. The molecule has 23 heavy (non-hydrogen) atoms. The molecular formula is C16H18N4O3. The number of aromatic nitrogens is 2. The van der Waals surface area contributed by atoms with Gasteiger partial charge in [-0.15, -0.1) is 0 Å². The maximum absolute atomic E-state index is 12.8. The topological polar surface area (TPSA) is 86.6 Å². The van der Waals surface area contributed by atoms with Gasteiger partial charge in [-0.2, -0.15) is 0 Å². The van der Waals surface area contributed by atoms with Gasteiger partial charge in [0.15, 0.2) is 5.65 Å². The third-order valence-corrected chi connectivity index (χ3v) is 4.23. The molecule has 1 aliphatic rings. The maximum atomic E-state index is 12.8. The minimum atomic E-state index is -0.914. The number of aliphatic carboxylic acids is 1. The fourth-order valence-electron chi connectivity index (χ4n) is 2.81. The van der Waals surface area contributed by atoms with Crippen LogP contribution in [0.15, 0.2) is 24.4 Å². The lowest BCUT2D eigenvalue weighted by atomic mass is 10.1. The number of aryl methyl sites for hydroxylation is 1. The van der Waals surface area contributed by atoms with Gasteiger partial charge in [-0.05, 0) is 32.2 Å². The van der Waals surface area contributed by atoms with Crippen molar-refractivity contribution in [3.8, 4) is 0 Å². The Morgan fingerprint density at radius 2 is 2.13 bits per heavy atom. The second-order valence-corrected chi connectivity index (χ2v) is 5.76. The summed E-state index contributed by atoms with van der Waals surface area (Å²) in [6.45, 7) is 2.98. The van der Waals surface area contributed by atoms with Crippen LogP contribution in [0.2, 0.25) is 0 Å². The first-order valence-corrected chi connectivity index (χ1v) is 7.42. The molecule has 1 aliphatic heterocycles. The van der Waals surface area contributed by atoms with Crippen molar-refractivity contribution >= 4 is 22.9 Å². The number of nitrogens with zero attached hydrogens (tertiary/aromatic N) is 4. The summed E-state index contributed by atoms with van der Waals surface area (Å²) in [5.41, 5.74) is 1.70. The molecule has 1 N–H and O–H groups in total. The van der Waals surface area contributed by atoms with Gasteiger partial charge in [0.1, 0.15) is 6.04 Å². The predicted molar refractivity (Wildman–Crippen MR) is 84.2 cm³/mol. The average Bonchev–Trinajstić information content (AvgIpc) is 2.53.